The minimum atomic E-state index is -1.46. The molecule has 0 radical (unpaired) electrons. The molecule has 1 heterocycles. The van der Waals surface area contributed by atoms with E-state index in [9.17, 15) is 24.0 Å². The summed E-state index contributed by atoms with van der Waals surface area (Å²) in [6.45, 7) is 4.22. The molecule has 1 saturated heterocycles. The minimum absolute atomic E-state index is 0.397. The molecule has 1 N–H and O–H groups in total. The van der Waals surface area contributed by atoms with Crippen molar-refractivity contribution in [2.45, 2.75) is 58.3 Å². The van der Waals surface area contributed by atoms with E-state index in [2.05, 4.69) is 5.32 Å². The first-order valence-electron chi connectivity index (χ1n) is 10.4. The lowest BCUT2D eigenvalue weighted by Gasteiger charge is -2.44. The topological polar surface area (TPSA) is 144 Å². The lowest BCUT2D eigenvalue weighted by molar-refractivity contribution is -0.270. The Morgan fingerprint density at radius 3 is 2.06 bits per heavy atom. The van der Waals surface area contributed by atoms with E-state index in [0.29, 0.717) is 0 Å². The van der Waals surface area contributed by atoms with Crippen molar-refractivity contribution in [2.24, 2.45) is 0 Å². The van der Waals surface area contributed by atoms with Crippen molar-refractivity contribution in [1.82, 2.24) is 5.32 Å². The van der Waals surface area contributed by atoms with Crippen molar-refractivity contribution >= 4 is 35.9 Å². The van der Waals surface area contributed by atoms with Crippen LogP contribution in [0, 0.1) is 0 Å². The Hall–Kier alpha value is -3.73. The summed E-state index contributed by atoms with van der Waals surface area (Å²) in [7, 11) is 0. The van der Waals surface area contributed by atoms with E-state index in [0.717, 1.165) is 25.5 Å². The molecule has 34 heavy (non-hydrogen) atoms. The van der Waals surface area contributed by atoms with Crippen LogP contribution in [0.4, 0.5) is 0 Å². The molecular formula is C23H27NO10. The second-order valence-corrected chi connectivity index (χ2v) is 7.40. The highest BCUT2D eigenvalue weighted by Gasteiger charge is 2.52. The van der Waals surface area contributed by atoms with Crippen LogP contribution in [0.15, 0.2) is 36.4 Å². The molecule has 0 saturated carbocycles. The monoisotopic (exact) mass is 477 g/mol. The standard InChI is InChI=1S/C23H27NO10/c1-13(25)24-20-22(32-16(4)28)21(31-15(3)27)18(12-30-14(2)26)33-23(20)34-19(29)11-10-17-8-6-5-7-9-17/h5-11,18,20-23H,12H2,1-4H3,(H,24,25)/b11-10+. The van der Waals surface area contributed by atoms with Gasteiger partial charge in [-0.1, -0.05) is 30.3 Å². The van der Waals surface area contributed by atoms with E-state index in [4.69, 9.17) is 23.7 Å². The summed E-state index contributed by atoms with van der Waals surface area (Å²) in [6, 6.07) is 7.73. The first-order valence-corrected chi connectivity index (χ1v) is 10.4. The summed E-state index contributed by atoms with van der Waals surface area (Å²) in [6.07, 6.45) is -2.54. The number of rotatable bonds is 8. The van der Waals surface area contributed by atoms with Gasteiger partial charge >= 0.3 is 23.9 Å². The largest absolute Gasteiger partial charge is 0.463 e. The van der Waals surface area contributed by atoms with Crippen molar-refractivity contribution in [1.29, 1.82) is 0 Å². The molecule has 1 amide bonds. The Kier molecular flexibility index (Phi) is 9.75. The van der Waals surface area contributed by atoms with Crippen LogP contribution >= 0.6 is 0 Å². The van der Waals surface area contributed by atoms with E-state index >= 15 is 0 Å². The van der Waals surface area contributed by atoms with Gasteiger partial charge in [0.2, 0.25) is 12.2 Å². The van der Waals surface area contributed by atoms with E-state index in [1.54, 1.807) is 24.3 Å². The number of ether oxygens (including phenoxy) is 5. The molecule has 0 bridgehead atoms. The van der Waals surface area contributed by atoms with Crippen LogP contribution in [0.25, 0.3) is 6.08 Å². The van der Waals surface area contributed by atoms with Gasteiger partial charge in [0.1, 0.15) is 18.8 Å². The zero-order chi connectivity index (χ0) is 25.3. The number of nitrogens with one attached hydrogen (secondary N) is 1. The van der Waals surface area contributed by atoms with Gasteiger partial charge in [0.25, 0.3) is 0 Å². The van der Waals surface area contributed by atoms with Gasteiger partial charge in [-0.2, -0.15) is 0 Å². The second kappa shape index (κ2) is 12.5. The van der Waals surface area contributed by atoms with Crippen LogP contribution in [-0.4, -0.2) is 67.0 Å². The molecule has 5 atom stereocenters. The number of hydrogen-bond acceptors (Lipinski definition) is 10. The fourth-order valence-electron chi connectivity index (χ4n) is 3.27. The zero-order valence-corrected chi connectivity index (χ0v) is 19.2. The summed E-state index contributed by atoms with van der Waals surface area (Å²) in [5, 5.41) is 2.51. The molecule has 1 aliphatic heterocycles. The summed E-state index contributed by atoms with van der Waals surface area (Å²) in [5.74, 6) is -3.49. The molecule has 1 fully saturated rings. The molecule has 5 unspecified atom stereocenters. The number of benzene rings is 1. The van der Waals surface area contributed by atoms with Crippen LogP contribution in [-0.2, 0) is 47.7 Å². The van der Waals surface area contributed by atoms with Gasteiger partial charge in [-0.05, 0) is 11.6 Å². The summed E-state index contributed by atoms with van der Waals surface area (Å²) >= 11 is 0. The lowest BCUT2D eigenvalue weighted by Crippen LogP contribution is -2.66. The van der Waals surface area contributed by atoms with Crippen molar-refractivity contribution < 1.29 is 47.7 Å². The molecule has 11 heteroatoms. The Bertz CT molecular complexity index is 929. The SMILES string of the molecule is CC(=O)NC1C(OC(=O)/C=C/c2ccccc2)OC(COC(C)=O)C(OC(C)=O)C1OC(C)=O. The highest BCUT2D eigenvalue weighted by atomic mass is 16.7. The van der Waals surface area contributed by atoms with Crippen LogP contribution in [0.5, 0.6) is 0 Å². The van der Waals surface area contributed by atoms with Crippen LogP contribution in [0.3, 0.4) is 0 Å². The first-order chi connectivity index (χ1) is 16.1. The molecule has 1 aromatic carbocycles. The molecule has 0 aliphatic carbocycles. The van der Waals surface area contributed by atoms with Gasteiger partial charge < -0.3 is 29.0 Å². The van der Waals surface area contributed by atoms with Crippen molar-refractivity contribution in [3.8, 4) is 0 Å². The Morgan fingerprint density at radius 1 is 0.882 bits per heavy atom. The smallest absolute Gasteiger partial charge is 0.333 e. The van der Waals surface area contributed by atoms with E-state index in [-0.39, 0.29) is 0 Å². The lowest BCUT2D eigenvalue weighted by atomic mass is 9.96. The highest BCUT2D eigenvalue weighted by Crippen LogP contribution is 2.28. The van der Waals surface area contributed by atoms with Crippen LogP contribution in [0.2, 0.25) is 0 Å². The predicted molar refractivity (Wildman–Crippen MR) is 116 cm³/mol. The van der Waals surface area contributed by atoms with Gasteiger partial charge in [0.05, 0.1) is 0 Å². The summed E-state index contributed by atoms with van der Waals surface area (Å²) in [5.41, 5.74) is 0.739. The third-order valence-electron chi connectivity index (χ3n) is 4.51. The quantitative estimate of drug-likeness (QED) is 0.326. The second-order valence-electron chi connectivity index (χ2n) is 7.40. The first kappa shape index (κ1) is 26.5. The molecule has 0 aromatic heterocycles. The Morgan fingerprint density at radius 2 is 1.50 bits per heavy atom. The number of amides is 1. The third kappa shape index (κ3) is 8.32. The molecule has 0 spiro atoms. The van der Waals surface area contributed by atoms with Crippen molar-refractivity contribution in [2.75, 3.05) is 6.61 Å². The Labute approximate surface area is 196 Å². The van der Waals surface area contributed by atoms with Crippen LogP contribution in [0.1, 0.15) is 33.3 Å². The number of esters is 4. The predicted octanol–water partition coefficient (Wildman–Crippen LogP) is 0.899. The van der Waals surface area contributed by atoms with Gasteiger partial charge in [-0.15, -0.1) is 0 Å². The van der Waals surface area contributed by atoms with E-state index in [1.165, 1.54) is 19.9 Å². The molecule has 1 aromatic rings. The maximum atomic E-state index is 12.5. The Balaban J connectivity index is 2.35. The maximum absolute atomic E-state index is 12.5. The average molecular weight is 477 g/mol. The third-order valence-corrected chi connectivity index (χ3v) is 4.51. The molecule has 1 aliphatic rings. The number of carbonyl (C=O) groups excluding carboxylic acids is 5. The van der Waals surface area contributed by atoms with Gasteiger partial charge in [-0.3, -0.25) is 19.2 Å². The summed E-state index contributed by atoms with van der Waals surface area (Å²) in [4.78, 5) is 59.3. The van der Waals surface area contributed by atoms with Crippen molar-refractivity contribution in [3.63, 3.8) is 0 Å². The van der Waals surface area contributed by atoms with Gasteiger partial charge in [-0.25, -0.2) is 4.79 Å². The normalized spacial score (nSPS) is 24.1. The number of hydrogen-bond donors (Lipinski definition) is 1. The zero-order valence-electron chi connectivity index (χ0n) is 19.2. The summed E-state index contributed by atoms with van der Waals surface area (Å²) < 4.78 is 26.8. The van der Waals surface area contributed by atoms with Crippen LogP contribution < -0.4 is 5.32 Å². The van der Waals surface area contributed by atoms with E-state index < -0.39 is 67.0 Å². The molecule has 2 rings (SSSR count). The van der Waals surface area contributed by atoms with Gasteiger partial charge in [0.15, 0.2) is 12.2 Å². The number of carbonyl (C=O) groups is 5. The minimum Gasteiger partial charge on any atom is -0.463 e. The fourth-order valence-corrected chi connectivity index (χ4v) is 3.27. The molecular weight excluding hydrogens is 450 g/mol. The average Bonchev–Trinajstić information content (AvgIpc) is 2.75. The highest BCUT2D eigenvalue weighted by molar-refractivity contribution is 5.87. The van der Waals surface area contributed by atoms with Crippen molar-refractivity contribution in [3.05, 3.63) is 42.0 Å². The molecule has 11 nitrogen and oxygen atoms in total. The molecule has 184 valence electrons. The fraction of sp³-hybridized carbons (Fsp3) is 0.435. The maximum Gasteiger partial charge on any atom is 0.333 e. The van der Waals surface area contributed by atoms with Gasteiger partial charge in [0, 0.05) is 33.8 Å². The van der Waals surface area contributed by atoms with E-state index in [1.807, 2.05) is 6.07 Å².